The van der Waals surface area contributed by atoms with Crippen LogP contribution in [-0.4, -0.2) is 97.2 Å². The molecule has 0 aliphatic carbocycles. The fourth-order valence-corrected chi connectivity index (χ4v) is 5.20. The molecule has 5 N–H and O–H groups in total. The Kier molecular flexibility index (Phi) is 9.55. The zero-order chi connectivity index (χ0) is 27.8. The van der Waals surface area contributed by atoms with Crippen LogP contribution in [0.5, 0.6) is 0 Å². The second-order valence-corrected chi connectivity index (χ2v) is 9.87. The van der Waals surface area contributed by atoms with Crippen LogP contribution in [0.1, 0.15) is 25.3 Å². The van der Waals surface area contributed by atoms with E-state index in [1.807, 2.05) is 24.4 Å². The van der Waals surface area contributed by atoms with E-state index in [2.05, 4.69) is 19.8 Å². The zero-order valence-electron chi connectivity index (χ0n) is 22.4. The van der Waals surface area contributed by atoms with Crippen molar-refractivity contribution in [3.63, 3.8) is 0 Å². The number of hydrogen-bond acceptors (Lipinski definition) is 9. The molecule has 0 spiro atoms. The Morgan fingerprint density at radius 3 is 2.72 bits per heavy atom. The van der Waals surface area contributed by atoms with E-state index in [4.69, 9.17) is 21.3 Å². The maximum Gasteiger partial charge on any atom is 0.221 e. The van der Waals surface area contributed by atoms with Gasteiger partial charge in [-0.15, -0.1) is 0 Å². The van der Waals surface area contributed by atoms with Crippen molar-refractivity contribution in [2.75, 3.05) is 57.8 Å². The maximum atomic E-state index is 11.8. The lowest BCUT2D eigenvalue weighted by Crippen LogP contribution is -2.49. The van der Waals surface area contributed by atoms with Crippen molar-refractivity contribution in [2.24, 2.45) is 11.5 Å². The molecule has 0 bridgehead atoms. The lowest BCUT2D eigenvalue weighted by Gasteiger charge is -2.39. The summed E-state index contributed by atoms with van der Waals surface area (Å²) >= 11 is 0. The molecule has 2 aromatic rings. The molecule has 12 nitrogen and oxygen atoms in total. The maximum absolute atomic E-state index is 11.8. The number of nitrogens with two attached hydrogens (primary N) is 2. The summed E-state index contributed by atoms with van der Waals surface area (Å²) in [6, 6.07) is 6.09. The smallest absolute Gasteiger partial charge is 0.221 e. The first-order chi connectivity index (χ1) is 18.9. The van der Waals surface area contributed by atoms with Crippen LogP contribution < -0.4 is 21.7 Å². The number of hydrogen-bond donors (Lipinski definition) is 3. The second-order valence-electron chi connectivity index (χ2n) is 9.87. The monoisotopic (exact) mass is 538 g/mol. The molecule has 1 atom stereocenters. The van der Waals surface area contributed by atoms with Gasteiger partial charge in [0, 0.05) is 58.1 Å². The van der Waals surface area contributed by atoms with Crippen LogP contribution in [0.4, 0.5) is 5.69 Å². The van der Waals surface area contributed by atoms with Crippen molar-refractivity contribution < 1.29 is 19.1 Å². The third-order valence-electron chi connectivity index (χ3n) is 7.36. The molecule has 0 saturated carbocycles. The number of allylic oxidation sites excluding steroid dienone is 3. The summed E-state index contributed by atoms with van der Waals surface area (Å²) in [6.45, 7) is 4.91. The van der Waals surface area contributed by atoms with Crippen LogP contribution in [-0.2, 0) is 19.1 Å². The minimum atomic E-state index is -0.111. The highest BCUT2D eigenvalue weighted by molar-refractivity contribution is 5.97. The van der Waals surface area contributed by atoms with Gasteiger partial charge in [-0.1, -0.05) is 6.07 Å². The third-order valence-corrected chi connectivity index (χ3v) is 7.36. The van der Waals surface area contributed by atoms with E-state index in [1.54, 1.807) is 18.0 Å². The number of morpholine rings is 1. The second kappa shape index (κ2) is 13.3. The number of rotatable bonds is 11. The van der Waals surface area contributed by atoms with Crippen molar-refractivity contribution in [3.8, 4) is 0 Å². The standard InChI is InChI=1S/C27H38N8O4/c1-30-27(38)9-12-34(19-37)24-3-2-4-25-23(24)15-31-35(25)21-7-10-32(11-8-21)16-22-17-33(13-14-39-22)26(29)6-5-20(28)18-36/h2-6,15,18-19,21-22H,7-14,16-17,28-29H2,1H3,(H,30,38)/b20-5-,26-6+. The number of nitrogens with zero attached hydrogens (tertiary/aromatic N) is 5. The minimum Gasteiger partial charge on any atom is -0.396 e. The van der Waals surface area contributed by atoms with Gasteiger partial charge in [0.2, 0.25) is 12.3 Å². The van der Waals surface area contributed by atoms with Gasteiger partial charge in [0.1, 0.15) is 0 Å². The molecule has 3 heterocycles. The normalized spacial score (nSPS) is 19.7. The molecule has 12 heteroatoms. The summed E-state index contributed by atoms with van der Waals surface area (Å²) in [6.07, 6.45) is 8.51. The number of likely N-dealkylation sites (tertiary alicyclic amines) is 1. The number of amides is 2. The number of nitrogens with one attached hydrogen (secondary N) is 1. The average molecular weight is 539 g/mol. The van der Waals surface area contributed by atoms with Gasteiger partial charge in [0.25, 0.3) is 0 Å². The predicted octanol–water partition coefficient (Wildman–Crippen LogP) is 0.315. The number of benzene rings is 1. The van der Waals surface area contributed by atoms with E-state index in [0.29, 0.717) is 38.3 Å². The number of anilines is 1. The van der Waals surface area contributed by atoms with Gasteiger partial charge >= 0.3 is 0 Å². The van der Waals surface area contributed by atoms with Crippen LogP contribution >= 0.6 is 0 Å². The molecule has 2 aliphatic heterocycles. The first kappa shape index (κ1) is 28.1. The Morgan fingerprint density at radius 1 is 1.21 bits per heavy atom. The molecular formula is C27H38N8O4. The summed E-state index contributed by atoms with van der Waals surface area (Å²) in [4.78, 5) is 40.2. The average Bonchev–Trinajstić information content (AvgIpc) is 3.41. The molecule has 2 fully saturated rings. The molecule has 2 saturated heterocycles. The molecule has 1 unspecified atom stereocenters. The fourth-order valence-electron chi connectivity index (χ4n) is 5.20. The quantitative estimate of drug-likeness (QED) is 0.209. The molecular weight excluding hydrogens is 500 g/mol. The van der Waals surface area contributed by atoms with E-state index in [-0.39, 0.29) is 30.2 Å². The molecule has 2 amide bonds. The summed E-state index contributed by atoms with van der Waals surface area (Å²) in [7, 11) is 1.59. The third kappa shape index (κ3) is 6.95. The first-order valence-corrected chi connectivity index (χ1v) is 13.3. The molecule has 1 aromatic carbocycles. The number of aromatic nitrogens is 2. The first-order valence-electron chi connectivity index (χ1n) is 13.3. The molecule has 39 heavy (non-hydrogen) atoms. The Hall–Kier alpha value is -3.90. The Bertz CT molecular complexity index is 1220. The molecule has 4 rings (SSSR count). The van der Waals surface area contributed by atoms with Crippen molar-refractivity contribution in [1.29, 1.82) is 0 Å². The zero-order valence-corrected chi connectivity index (χ0v) is 22.4. The number of carbonyl (C=O) groups is 3. The van der Waals surface area contributed by atoms with E-state index in [0.717, 1.165) is 55.5 Å². The van der Waals surface area contributed by atoms with Crippen LogP contribution in [0.3, 0.4) is 0 Å². The summed E-state index contributed by atoms with van der Waals surface area (Å²) in [5.74, 6) is 0.457. The van der Waals surface area contributed by atoms with Crippen LogP contribution in [0.2, 0.25) is 0 Å². The van der Waals surface area contributed by atoms with E-state index in [9.17, 15) is 14.4 Å². The Morgan fingerprint density at radius 2 is 2.00 bits per heavy atom. The van der Waals surface area contributed by atoms with Crippen LogP contribution in [0.25, 0.3) is 10.9 Å². The summed E-state index contributed by atoms with van der Waals surface area (Å²) < 4.78 is 8.08. The molecule has 2 aliphatic rings. The lowest BCUT2D eigenvalue weighted by atomic mass is 10.0. The Labute approximate surface area is 228 Å². The van der Waals surface area contributed by atoms with E-state index >= 15 is 0 Å². The van der Waals surface area contributed by atoms with Gasteiger partial charge in [-0.2, -0.15) is 5.10 Å². The van der Waals surface area contributed by atoms with Gasteiger partial charge in [-0.05, 0) is 37.1 Å². The largest absolute Gasteiger partial charge is 0.396 e. The number of ether oxygens (including phenoxy) is 1. The lowest BCUT2D eigenvalue weighted by molar-refractivity contribution is -0.120. The van der Waals surface area contributed by atoms with Gasteiger partial charge in [-0.25, -0.2) is 0 Å². The van der Waals surface area contributed by atoms with Gasteiger partial charge in [0.05, 0.1) is 47.7 Å². The predicted molar refractivity (Wildman–Crippen MR) is 148 cm³/mol. The number of carbonyl (C=O) groups excluding carboxylic acids is 3. The highest BCUT2D eigenvalue weighted by atomic mass is 16.5. The number of aldehydes is 1. The number of piperidine rings is 1. The van der Waals surface area contributed by atoms with Crippen LogP contribution in [0, 0.1) is 0 Å². The van der Waals surface area contributed by atoms with Crippen molar-refractivity contribution in [2.45, 2.75) is 31.4 Å². The fraction of sp³-hybridized carbons (Fsp3) is 0.481. The minimum absolute atomic E-state index is 0.0341. The van der Waals surface area contributed by atoms with Crippen molar-refractivity contribution >= 4 is 35.2 Å². The van der Waals surface area contributed by atoms with Crippen molar-refractivity contribution in [3.05, 3.63) is 48.1 Å². The SMILES string of the molecule is CNC(=O)CCN(C=O)c1cccc2c1cnn2C1CCN(CC2CN(/C(N)=C/C=C(\N)C=O)CCO2)CC1. The molecule has 0 radical (unpaired) electrons. The Balaban J connectivity index is 1.35. The highest BCUT2D eigenvalue weighted by Crippen LogP contribution is 2.31. The van der Waals surface area contributed by atoms with Gasteiger partial charge in [-0.3, -0.25) is 19.1 Å². The topological polar surface area (TPSA) is 152 Å². The summed E-state index contributed by atoms with van der Waals surface area (Å²) in [5, 5.41) is 8.19. The van der Waals surface area contributed by atoms with E-state index < -0.39 is 0 Å². The van der Waals surface area contributed by atoms with Gasteiger partial charge in [0.15, 0.2) is 6.29 Å². The highest BCUT2D eigenvalue weighted by Gasteiger charge is 2.28. The van der Waals surface area contributed by atoms with Crippen LogP contribution in [0.15, 0.2) is 48.1 Å². The number of fused-ring (bicyclic) bond motifs is 1. The molecule has 1 aromatic heterocycles. The van der Waals surface area contributed by atoms with E-state index in [1.165, 1.54) is 6.08 Å². The molecule has 210 valence electrons. The van der Waals surface area contributed by atoms with Gasteiger partial charge < -0.3 is 36.2 Å². The van der Waals surface area contributed by atoms with Crippen molar-refractivity contribution in [1.82, 2.24) is 24.9 Å². The summed E-state index contributed by atoms with van der Waals surface area (Å²) in [5.41, 5.74) is 13.6.